The Labute approximate surface area is 94.2 Å². The molecule has 0 aromatic heterocycles. The number of carbonyl (C=O) groups excluding carboxylic acids is 1. The molecule has 3 heteroatoms. The number of hydrogen-bond donors (Lipinski definition) is 0. The molecule has 80 valence electrons. The van der Waals surface area contributed by atoms with E-state index in [0.717, 1.165) is 11.4 Å². The van der Waals surface area contributed by atoms with Crippen molar-refractivity contribution in [1.29, 1.82) is 0 Å². The van der Waals surface area contributed by atoms with Crippen molar-refractivity contribution in [2.75, 3.05) is 0 Å². The van der Waals surface area contributed by atoms with E-state index in [1.165, 1.54) is 11.6 Å². The van der Waals surface area contributed by atoms with Crippen molar-refractivity contribution in [3.8, 4) is 0 Å². The SMILES string of the molecule is Cc1ccc(N=NC2=CCC(=O)C=C2)cc1. The van der Waals surface area contributed by atoms with Crippen molar-refractivity contribution in [2.45, 2.75) is 13.3 Å². The minimum atomic E-state index is 0.106. The minimum absolute atomic E-state index is 0.106. The molecule has 2 rings (SSSR count). The summed E-state index contributed by atoms with van der Waals surface area (Å²) >= 11 is 0. The molecule has 0 saturated heterocycles. The van der Waals surface area contributed by atoms with Gasteiger partial charge in [-0.3, -0.25) is 4.79 Å². The Kier molecular flexibility index (Phi) is 3.05. The van der Waals surface area contributed by atoms with Gasteiger partial charge < -0.3 is 0 Å². The van der Waals surface area contributed by atoms with Gasteiger partial charge in [-0.2, -0.15) is 10.2 Å². The maximum absolute atomic E-state index is 10.9. The number of rotatable bonds is 2. The summed E-state index contributed by atoms with van der Waals surface area (Å²) in [6.07, 6.45) is 5.41. The molecule has 3 nitrogen and oxygen atoms in total. The zero-order chi connectivity index (χ0) is 11.4. The quantitative estimate of drug-likeness (QED) is 0.692. The van der Waals surface area contributed by atoms with Crippen LogP contribution < -0.4 is 0 Å². The second-order valence-corrected chi connectivity index (χ2v) is 3.67. The molecule has 1 aliphatic rings. The molecule has 1 aromatic carbocycles. The summed E-state index contributed by atoms with van der Waals surface area (Å²) in [5, 5.41) is 8.15. The van der Waals surface area contributed by atoms with Crippen molar-refractivity contribution in [1.82, 2.24) is 0 Å². The lowest BCUT2D eigenvalue weighted by Crippen LogP contribution is -1.94. The normalized spacial score (nSPS) is 15.6. The fourth-order valence-electron chi connectivity index (χ4n) is 1.32. The molecule has 0 radical (unpaired) electrons. The summed E-state index contributed by atoms with van der Waals surface area (Å²) in [7, 11) is 0. The zero-order valence-corrected chi connectivity index (χ0v) is 9.05. The van der Waals surface area contributed by atoms with E-state index in [0.29, 0.717) is 6.42 Å². The van der Waals surface area contributed by atoms with Crippen LogP contribution in [0, 0.1) is 6.92 Å². The van der Waals surface area contributed by atoms with Crippen molar-refractivity contribution in [2.24, 2.45) is 10.2 Å². The first-order valence-electron chi connectivity index (χ1n) is 5.13. The van der Waals surface area contributed by atoms with Gasteiger partial charge in [0, 0.05) is 6.42 Å². The summed E-state index contributed by atoms with van der Waals surface area (Å²) in [6, 6.07) is 7.81. The fraction of sp³-hybridized carbons (Fsp3) is 0.154. The third-order valence-electron chi connectivity index (χ3n) is 2.27. The highest BCUT2D eigenvalue weighted by Crippen LogP contribution is 2.16. The van der Waals surface area contributed by atoms with Crippen LogP contribution in [-0.4, -0.2) is 5.78 Å². The minimum Gasteiger partial charge on any atom is -0.295 e. The van der Waals surface area contributed by atoms with Gasteiger partial charge in [-0.15, -0.1) is 0 Å². The molecular weight excluding hydrogens is 200 g/mol. The number of aryl methyl sites for hydroxylation is 1. The van der Waals surface area contributed by atoms with Crippen LogP contribution in [0.5, 0.6) is 0 Å². The lowest BCUT2D eigenvalue weighted by atomic mass is 10.1. The van der Waals surface area contributed by atoms with E-state index in [-0.39, 0.29) is 5.78 Å². The van der Waals surface area contributed by atoms with E-state index in [1.54, 1.807) is 12.2 Å². The van der Waals surface area contributed by atoms with Gasteiger partial charge in [0.2, 0.25) is 0 Å². The van der Waals surface area contributed by atoms with Gasteiger partial charge in [-0.1, -0.05) is 17.7 Å². The highest BCUT2D eigenvalue weighted by molar-refractivity contribution is 5.92. The zero-order valence-electron chi connectivity index (χ0n) is 9.05. The Bertz CT molecular complexity index is 481. The second kappa shape index (κ2) is 4.66. The first kappa shape index (κ1) is 10.5. The smallest absolute Gasteiger partial charge is 0.159 e. The third-order valence-corrected chi connectivity index (χ3v) is 2.27. The fourth-order valence-corrected chi connectivity index (χ4v) is 1.32. The number of carbonyl (C=O) groups is 1. The van der Waals surface area contributed by atoms with Crippen LogP contribution in [0.3, 0.4) is 0 Å². The van der Waals surface area contributed by atoms with E-state index in [1.807, 2.05) is 31.2 Å². The number of allylic oxidation sites excluding steroid dienone is 3. The molecule has 16 heavy (non-hydrogen) atoms. The molecule has 0 atom stereocenters. The number of hydrogen-bond acceptors (Lipinski definition) is 3. The molecule has 0 fully saturated rings. The lowest BCUT2D eigenvalue weighted by molar-refractivity contribution is -0.113. The largest absolute Gasteiger partial charge is 0.295 e. The van der Waals surface area contributed by atoms with E-state index in [4.69, 9.17) is 0 Å². The van der Waals surface area contributed by atoms with Crippen LogP contribution in [0.4, 0.5) is 5.69 Å². The summed E-state index contributed by atoms with van der Waals surface area (Å²) in [5.74, 6) is 0.106. The predicted octanol–water partition coefficient (Wildman–Crippen LogP) is 3.49. The molecule has 1 aliphatic carbocycles. The predicted molar refractivity (Wildman–Crippen MR) is 62.5 cm³/mol. The van der Waals surface area contributed by atoms with Crippen LogP contribution >= 0.6 is 0 Å². The topological polar surface area (TPSA) is 41.8 Å². The van der Waals surface area contributed by atoms with Gasteiger partial charge in [0.05, 0.1) is 11.4 Å². The molecule has 0 unspecified atom stereocenters. The molecular formula is C13H12N2O. The maximum atomic E-state index is 10.9. The molecule has 0 amide bonds. The van der Waals surface area contributed by atoms with Crippen LogP contribution in [0.2, 0.25) is 0 Å². The molecule has 0 heterocycles. The molecule has 0 spiro atoms. The highest BCUT2D eigenvalue weighted by atomic mass is 16.1. The summed E-state index contributed by atoms with van der Waals surface area (Å²) in [5.41, 5.74) is 2.75. The van der Waals surface area contributed by atoms with Gasteiger partial charge in [-0.05, 0) is 37.3 Å². The van der Waals surface area contributed by atoms with Gasteiger partial charge in [0.1, 0.15) is 0 Å². The van der Waals surface area contributed by atoms with E-state index < -0.39 is 0 Å². The van der Waals surface area contributed by atoms with E-state index >= 15 is 0 Å². The molecule has 0 aliphatic heterocycles. The number of benzene rings is 1. The molecule has 0 N–H and O–H groups in total. The van der Waals surface area contributed by atoms with E-state index in [9.17, 15) is 4.79 Å². The second-order valence-electron chi connectivity index (χ2n) is 3.67. The Hall–Kier alpha value is -2.03. The average Bonchev–Trinajstić information content (AvgIpc) is 2.30. The molecule has 0 bridgehead atoms. The molecule has 1 aromatic rings. The third kappa shape index (κ3) is 2.73. The van der Waals surface area contributed by atoms with Gasteiger partial charge in [0.25, 0.3) is 0 Å². The maximum Gasteiger partial charge on any atom is 0.159 e. The Balaban J connectivity index is 2.07. The number of azo groups is 1. The monoisotopic (exact) mass is 212 g/mol. The molecule has 0 saturated carbocycles. The Morgan fingerprint density at radius 3 is 2.44 bits per heavy atom. The lowest BCUT2D eigenvalue weighted by Gasteiger charge is -1.99. The summed E-state index contributed by atoms with van der Waals surface area (Å²) in [6.45, 7) is 2.03. The van der Waals surface area contributed by atoms with Gasteiger partial charge >= 0.3 is 0 Å². The standard InChI is InChI=1S/C13H12N2O/c1-10-2-4-11(5-3-10)14-15-12-6-8-13(16)9-7-12/h2-8H,9H2,1H3. The highest BCUT2D eigenvalue weighted by Gasteiger charge is 2.01. The van der Waals surface area contributed by atoms with Crippen molar-refractivity contribution < 1.29 is 4.79 Å². The van der Waals surface area contributed by atoms with Crippen molar-refractivity contribution in [3.63, 3.8) is 0 Å². The summed E-state index contributed by atoms with van der Waals surface area (Å²) < 4.78 is 0. The number of nitrogens with zero attached hydrogens (tertiary/aromatic N) is 2. The van der Waals surface area contributed by atoms with E-state index in [2.05, 4.69) is 10.2 Å². The van der Waals surface area contributed by atoms with Crippen LogP contribution in [0.25, 0.3) is 0 Å². The van der Waals surface area contributed by atoms with Crippen molar-refractivity contribution in [3.05, 3.63) is 53.8 Å². The first-order valence-corrected chi connectivity index (χ1v) is 5.13. The summed E-state index contributed by atoms with van der Waals surface area (Å²) in [4.78, 5) is 10.9. The van der Waals surface area contributed by atoms with Crippen LogP contribution in [0.15, 0.2) is 58.4 Å². The first-order chi connectivity index (χ1) is 7.74. The Morgan fingerprint density at radius 1 is 1.06 bits per heavy atom. The van der Waals surface area contributed by atoms with Gasteiger partial charge in [0.15, 0.2) is 5.78 Å². The van der Waals surface area contributed by atoms with Gasteiger partial charge in [-0.25, -0.2) is 0 Å². The van der Waals surface area contributed by atoms with Crippen LogP contribution in [0.1, 0.15) is 12.0 Å². The van der Waals surface area contributed by atoms with Crippen LogP contribution in [-0.2, 0) is 4.79 Å². The van der Waals surface area contributed by atoms with Crippen molar-refractivity contribution >= 4 is 11.5 Å². The average molecular weight is 212 g/mol. The number of ketones is 1. The Morgan fingerprint density at radius 2 is 1.81 bits per heavy atom.